The van der Waals surface area contributed by atoms with Crippen LogP contribution in [0.15, 0.2) is 188 Å². The van der Waals surface area contributed by atoms with Crippen molar-refractivity contribution in [1.29, 1.82) is 0 Å². The van der Waals surface area contributed by atoms with E-state index in [2.05, 4.69) is 193 Å². The Labute approximate surface area is 284 Å². The van der Waals surface area contributed by atoms with E-state index in [0.717, 1.165) is 11.4 Å². The lowest BCUT2D eigenvalue weighted by Gasteiger charge is -2.28. The van der Waals surface area contributed by atoms with Crippen molar-refractivity contribution in [3.05, 3.63) is 188 Å². The van der Waals surface area contributed by atoms with Gasteiger partial charge in [0.1, 0.15) is 0 Å². The standard InChI is InChI=1S/C46H31NS/c1-4-14-32(15-5-1)33-24-26-37(27-25-33)47(38-28-29-39(34-16-6-2-7-17-34)42(31-38)35-18-8-3-9-19-35)43-30-36-20-10-11-21-40(36)45-41-22-12-13-23-44(41)48-46(43)45/h1-31H. The van der Waals surface area contributed by atoms with Crippen LogP contribution in [0.25, 0.3) is 64.3 Å². The normalized spacial score (nSPS) is 11.3. The van der Waals surface area contributed by atoms with E-state index < -0.39 is 0 Å². The van der Waals surface area contributed by atoms with Crippen LogP contribution in [-0.2, 0) is 0 Å². The molecule has 1 nitrogen and oxygen atoms in total. The van der Waals surface area contributed by atoms with Crippen LogP contribution in [0.1, 0.15) is 0 Å². The first-order chi connectivity index (χ1) is 23.8. The predicted molar refractivity (Wildman–Crippen MR) is 208 cm³/mol. The van der Waals surface area contributed by atoms with Crippen LogP contribution in [0.4, 0.5) is 17.1 Å². The fourth-order valence-electron chi connectivity index (χ4n) is 6.98. The van der Waals surface area contributed by atoms with Crippen LogP contribution in [0.2, 0.25) is 0 Å². The molecule has 8 aromatic carbocycles. The van der Waals surface area contributed by atoms with Crippen molar-refractivity contribution < 1.29 is 0 Å². The van der Waals surface area contributed by atoms with E-state index in [-0.39, 0.29) is 0 Å². The van der Waals surface area contributed by atoms with Crippen LogP contribution in [0.5, 0.6) is 0 Å². The summed E-state index contributed by atoms with van der Waals surface area (Å²) >= 11 is 1.88. The Morgan fingerprint density at radius 3 is 1.62 bits per heavy atom. The number of anilines is 3. The van der Waals surface area contributed by atoms with Crippen molar-refractivity contribution in [2.24, 2.45) is 0 Å². The van der Waals surface area contributed by atoms with Gasteiger partial charge in [0.15, 0.2) is 0 Å². The average molecular weight is 630 g/mol. The third kappa shape index (κ3) is 4.95. The topological polar surface area (TPSA) is 3.24 Å². The van der Waals surface area contributed by atoms with E-state index in [9.17, 15) is 0 Å². The highest BCUT2D eigenvalue weighted by Gasteiger charge is 2.22. The molecule has 0 fully saturated rings. The summed E-state index contributed by atoms with van der Waals surface area (Å²) in [5.74, 6) is 0. The van der Waals surface area contributed by atoms with Crippen molar-refractivity contribution in [3.63, 3.8) is 0 Å². The molecule has 0 aliphatic heterocycles. The molecule has 1 heterocycles. The summed E-state index contributed by atoms with van der Waals surface area (Å²) in [6.07, 6.45) is 0. The Bertz CT molecular complexity index is 2530. The number of benzene rings is 8. The summed E-state index contributed by atoms with van der Waals surface area (Å²) in [6.45, 7) is 0. The molecule has 48 heavy (non-hydrogen) atoms. The van der Waals surface area contributed by atoms with Crippen LogP contribution < -0.4 is 4.90 Å². The van der Waals surface area contributed by atoms with Crippen molar-refractivity contribution in [3.8, 4) is 33.4 Å². The maximum Gasteiger partial charge on any atom is 0.0646 e. The van der Waals surface area contributed by atoms with Crippen molar-refractivity contribution in [1.82, 2.24) is 0 Å². The number of thiophene rings is 1. The van der Waals surface area contributed by atoms with E-state index >= 15 is 0 Å². The Kier molecular flexibility index (Phi) is 7.07. The molecule has 0 N–H and O–H groups in total. The second-order valence-corrected chi connectivity index (χ2v) is 13.2. The lowest BCUT2D eigenvalue weighted by molar-refractivity contribution is 1.30. The second kappa shape index (κ2) is 12.0. The molecule has 1 aromatic heterocycles. The molecule has 0 aliphatic carbocycles. The molecule has 0 spiro atoms. The summed E-state index contributed by atoms with van der Waals surface area (Å²) in [4.78, 5) is 2.46. The van der Waals surface area contributed by atoms with Gasteiger partial charge in [-0.25, -0.2) is 0 Å². The number of fused-ring (bicyclic) bond motifs is 5. The van der Waals surface area contributed by atoms with E-state index in [0.29, 0.717) is 0 Å². The maximum absolute atomic E-state index is 2.46. The lowest BCUT2D eigenvalue weighted by atomic mass is 9.93. The fourth-order valence-corrected chi connectivity index (χ4v) is 8.20. The molecule has 2 heteroatoms. The Balaban J connectivity index is 1.33. The fraction of sp³-hybridized carbons (Fsp3) is 0. The van der Waals surface area contributed by atoms with Gasteiger partial charge in [-0.15, -0.1) is 11.3 Å². The van der Waals surface area contributed by atoms with Crippen molar-refractivity contribution >= 4 is 59.3 Å². The van der Waals surface area contributed by atoms with Gasteiger partial charge in [0, 0.05) is 26.8 Å². The minimum Gasteiger partial charge on any atom is -0.309 e. The summed E-state index contributed by atoms with van der Waals surface area (Å²) in [6, 6.07) is 68.1. The molecule has 0 radical (unpaired) electrons. The van der Waals surface area contributed by atoms with Crippen molar-refractivity contribution in [2.75, 3.05) is 4.90 Å². The molecule has 0 atom stereocenters. The van der Waals surface area contributed by atoms with Gasteiger partial charge in [-0.1, -0.05) is 152 Å². The van der Waals surface area contributed by atoms with Gasteiger partial charge >= 0.3 is 0 Å². The zero-order valence-corrected chi connectivity index (χ0v) is 27.1. The highest BCUT2D eigenvalue weighted by atomic mass is 32.1. The summed E-state index contributed by atoms with van der Waals surface area (Å²) in [5, 5.41) is 5.15. The third-order valence-corrected chi connectivity index (χ3v) is 10.4. The smallest absolute Gasteiger partial charge is 0.0646 e. The van der Waals surface area contributed by atoms with Crippen LogP contribution in [-0.4, -0.2) is 0 Å². The van der Waals surface area contributed by atoms with Gasteiger partial charge in [-0.05, 0) is 80.6 Å². The molecule has 0 bridgehead atoms. The van der Waals surface area contributed by atoms with E-state index in [1.54, 1.807) is 0 Å². The molecule has 0 saturated carbocycles. The number of hydrogen-bond donors (Lipinski definition) is 0. The van der Waals surface area contributed by atoms with Gasteiger partial charge in [0.25, 0.3) is 0 Å². The molecule has 0 saturated heterocycles. The molecule has 0 unspecified atom stereocenters. The molecule has 226 valence electrons. The van der Waals surface area contributed by atoms with E-state index in [1.807, 2.05) is 11.3 Å². The maximum atomic E-state index is 2.46. The highest BCUT2D eigenvalue weighted by molar-refractivity contribution is 7.26. The molecule has 0 amide bonds. The molecule has 0 aliphatic rings. The predicted octanol–water partition coefficient (Wildman–Crippen LogP) is 13.7. The Hall–Kier alpha value is -5.96. The summed E-state index contributed by atoms with van der Waals surface area (Å²) in [5.41, 5.74) is 10.7. The zero-order valence-electron chi connectivity index (χ0n) is 26.3. The zero-order chi connectivity index (χ0) is 31.9. The Morgan fingerprint density at radius 1 is 0.375 bits per heavy atom. The lowest BCUT2D eigenvalue weighted by Crippen LogP contribution is -2.10. The first kappa shape index (κ1) is 28.3. The minimum atomic E-state index is 1.12. The second-order valence-electron chi connectivity index (χ2n) is 12.1. The van der Waals surface area contributed by atoms with Gasteiger partial charge in [0.2, 0.25) is 0 Å². The van der Waals surface area contributed by atoms with E-state index in [4.69, 9.17) is 0 Å². The summed E-state index contributed by atoms with van der Waals surface area (Å²) in [7, 11) is 0. The Morgan fingerprint density at radius 2 is 0.917 bits per heavy atom. The van der Waals surface area contributed by atoms with E-state index in [1.165, 1.54) is 70.0 Å². The molecule has 9 aromatic rings. The van der Waals surface area contributed by atoms with Crippen LogP contribution in [0, 0.1) is 0 Å². The van der Waals surface area contributed by atoms with Crippen molar-refractivity contribution in [2.45, 2.75) is 0 Å². The molecule has 9 rings (SSSR count). The first-order valence-electron chi connectivity index (χ1n) is 16.4. The number of hydrogen-bond acceptors (Lipinski definition) is 2. The summed E-state index contributed by atoms with van der Waals surface area (Å²) < 4.78 is 2.59. The van der Waals surface area contributed by atoms with Crippen LogP contribution >= 0.6 is 11.3 Å². The SMILES string of the molecule is c1ccc(-c2ccc(N(c3ccc(-c4ccccc4)c(-c4ccccc4)c3)c3cc4ccccc4c4c3sc3ccccc34)cc2)cc1. The largest absolute Gasteiger partial charge is 0.309 e. The monoisotopic (exact) mass is 629 g/mol. The van der Waals surface area contributed by atoms with Gasteiger partial charge in [0.05, 0.1) is 10.4 Å². The van der Waals surface area contributed by atoms with Crippen LogP contribution in [0.3, 0.4) is 0 Å². The average Bonchev–Trinajstić information content (AvgIpc) is 3.57. The minimum absolute atomic E-state index is 1.12. The van der Waals surface area contributed by atoms with Gasteiger partial charge in [-0.3, -0.25) is 0 Å². The molecular weight excluding hydrogens is 599 g/mol. The number of rotatable bonds is 6. The quantitative estimate of drug-likeness (QED) is 0.177. The van der Waals surface area contributed by atoms with Gasteiger partial charge in [-0.2, -0.15) is 0 Å². The third-order valence-electron chi connectivity index (χ3n) is 9.25. The van der Waals surface area contributed by atoms with Gasteiger partial charge < -0.3 is 4.90 Å². The first-order valence-corrected chi connectivity index (χ1v) is 17.2. The number of nitrogens with zero attached hydrogens (tertiary/aromatic N) is 1. The highest BCUT2D eigenvalue weighted by Crippen LogP contribution is 2.49. The molecular formula is C46H31NS.